The standard InChI is InChI=1S/C24H22N4O2S/c1-2-19(22-25-15-20(27-22)16-7-4-3-5-8-16)28-23(29)17-10-12-18(13-11-17)26-24(30)21-9-6-14-31-21/h3-15,19H,2H2,1H3,(H,25,27)(H,26,30)(H,28,29). The Morgan fingerprint density at radius 1 is 1.00 bits per heavy atom. The lowest BCUT2D eigenvalue weighted by molar-refractivity contribution is 0.0933. The summed E-state index contributed by atoms with van der Waals surface area (Å²) < 4.78 is 0. The molecule has 0 bridgehead atoms. The number of H-pyrrole nitrogens is 1. The smallest absolute Gasteiger partial charge is 0.265 e. The van der Waals surface area contributed by atoms with Gasteiger partial charge in [-0.3, -0.25) is 9.59 Å². The lowest BCUT2D eigenvalue weighted by Crippen LogP contribution is -2.28. The van der Waals surface area contributed by atoms with Gasteiger partial charge in [-0.15, -0.1) is 11.3 Å². The minimum Gasteiger partial charge on any atom is -0.342 e. The normalized spacial score (nSPS) is 11.6. The van der Waals surface area contributed by atoms with Gasteiger partial charge >= 0.3 is 0 Å². The molecule has 0 aliphatic rings. The highest BCUT2D eigenvalue weighted by molar-refractivity contribution is 7.12. The Bertz CT molecular complexity index is 1150. The highest BCUT2D eigenvalue weighted by Crippen LogP contribution is 2.21. The van der Waals surface area contributed by atoms with Crippen LogP contribution in [0.25, 0.3) is 11.3 Å². The van der Waals surface area contributed by atoms with Crippen molar-refractivity contribution in [1.82, 2.24) is 15.3 Å². The molecule has 0 saturated heterocycles. The second kappa shape index (κ2) is 9.40. The van der Waals surface area contributed by atoms with E-state index in [-0.39, 0.29) is 17.9 Å². The number of rotatable bonds is 7. The van der Waals surface area contributed by atoms with E-state index in [0.29, 0.717) is 22.5 Å². The molecule has 6 nitrogen and oxygen atoms in total. The van der Waals surface area contributed by atoms with Crippen molar-refractivity contribution in [3.05, 3.63) is 94.6 Å². The van der Waals surface area contributed by atoms with Crippen molar-refractivity contribution in [2.45, 2.75) is 19.4 Å². The number of nitrogens with zero attached hydrogens (tertiary/aromatic N) is 1. The Morgan fingerprint density at radius 2 is 1.77 bits per heavy atom. The van der Waals surface area contributed by atoms with Crippen LogP contribution < -0.4 is 10.6 Å². The molecule has 2 aromatic carbocycles. The topological polar surface area (TPSA) is 86.9 Å². The van der Waals surface area contributed by atoms with Crippen molar-refractivity contribution in [3.8, 4) is 11.3 Å². The number of aromatic amines is 1. The van der Waals surface area contributed by atoms with Gasteiger partial charge in [-0.05, 0) is 47.7 Å². The molecule has 156 valence electrons. The van der Waals surface area contributed by atoms with Crippen molar-refractivity contribution in [1.29, 1.82) is 0 Å². The van der Waals surface area contributed by atoms with Gasteiger partial charge in [0, 0.05) is 11.3 Å². The molecule has 4 rings (SSSR count). The van der Waals surface area contributed by atoms with Crippen LogP contribution in [0.5, 0.6) is 0 Å². The minimum atomic E-state index is -0.233. The fraction of sp³-hybridized carbons (Fsp3) is 0.125. The van der Waals surface area contributed by atoms with Crippen LogP contribution in [-0.2, 0) is 0 Å². The van der Waals surface area contributed by atoms with E-state index < -0.39 is 0 Å². The first-order valence-corrected chi connectivity index (χ1v) is 10.9. The van der Waals surface area contributed by atoms with Crippen LogP contribution in [0.1, 0.15) is 45.2 Å². The predicted molar refractivity (Wildman–Crippen MR) is 123 cm³/mol. The number of carbonyl (C=O) groups is 2. The summed E-state index contributed by atoms with van der Waals surface area (Å²) in [7, 11) is 0. The van der Waals surface area contributed by atoms with E-state index in [2.05, 4.69) is 20.6 Å². The Hall–Kier alpha value is -3.71. The van der Waals surface area contributed by atoms with Crippen LogP contribution in [0, 0.1) is 0 Å². The summed E-state index contributed by atoms with van der Waals surface area (Å²) in [4.78, 5) is 33.3. The average molecular weight is 431 g/mol. The van der Waals surface area contributed by atoms with Gasteiger partial charge < -0.3 is 15.6 Å². The van der Waals surface area contributed by atoms with E-state index in [1.807, 2.05) is 48.7 Å². The van der Waals surface area contributed by atoms with Crippen molar-refractivity contribution in [3.63, 3.8) is 0 Å². The minimum absolute atomic E-state index is 0.162. The average Bonchev–Trinajstić information content (AvgIpc) is 3.51. The maximum absolute atomic E-state index is 12.7. The summed E-state index contributed by atoms with van der Waals surface area (Å²) in [6.45, 7) is 2.00. The van der Waals surface area contributed by atoms with Crippen LogP contribution >= 0.6 is 11.3 Å². The summed E-state index contributed by atoms with van der Waals surface area (Å²) in [6, 6.07) is 20.1. The SMILES string of the molecule is CCC(NC(=O)c1ccc(NC(=O)c2cccs2)cc1)c1ncc(-c2ccccc2)[nH]1. The molecule has 0 spiro atoms. The number of carbonyl (C=O) groups excluding carboxylic acids is 2. The lowest BCUT2D eigenvalue weighted by Gasteiger charge is -2.15. The number of aromatic nitrogens is 2. The molecule has 7 heteroatoms. The van der Waals surface area contributed by atoms with E-state index >= 15 is 0 Å². The van der Waals surface area contributed by atoms with Crippen molar-refractivity contribution >= 4 is 28.8 Å². The molecular formula is C24H22N4O2S. The quantitative estimate of drug-likeness (QED) is 0.373. The molecule has 4 aromatic rings. The monoisotopic (exact) mass is 430 g/mol. The molecule has 2 heterocycles. The molecule has 2 amide bonds. The summed E-state index contributed by atoms with van der Waals surface area (Å²) in [5.74, 6) is 0.362. The third-order valence-electron chi connectivity index (χ3n) is 4.87. The highest BCUT2D eigenvalue weighted by Gasteiger charge is 2.17. The van der Waals surface area contributed by atoms with Crippen molar-refractivity contribution < 1.29 is 9.59 Å². The molecule has 31 heavy (non-hydrogen) atoms. The van der Waals surface area contributed by atoms with Crippen LogP contribution in [0.15, 0.2) is 78.3 Å². The summed E-state index contributed by atoms with van der Waals surface area (Å²) >= 11 is 1.38. The Balaban J connectivity index is 1.41. The summed E-state index contributed by atoms with van der Waals surface area (Å²) in [5.41, 5.74) is 3.11. The second-order valence-corrected chi connectivity index (χ2v) is 7.94. The van der Waals surface area contributed by atoms with Gasteiger partial charge in [-0.2, -0.15) is 0 Å². The molecule has 1 atom stereocenters. The van der Waals surface area contributed by atoms with Crippen molar-refractivity contribution in [2.24, 2.45) is 0 Å². The van der Waals surface area contributed by atoms with Gasteiger partial charge in [0.25, 0.3) is 11.8 Å². The van der Waals surface area contributed by atoms with Crippen LogP contribution in [0.4, 0.5) is 5.69 Å². The van der Waals surface area contributed by atoms with Gasteiger partial charge in [0.05, 0.1) is 22.8 Å². The van der Waals surface area contributed by atoms with E-state index in [0.717, 1.165) is 17.1 Å². The van der Waals surface area contributed by atoms with Crippen LogP contribution in [0.3, 0.4) is 0 Å². The number of nitrogens with one attached hydrogen (secondary N) is 3. The van der Waals surface area contributed by atoms with E-state index in [1.165, 1.54) is 11.3 Å². The van der Waals surface area contributed by atoms with Crippen molar-refractivity contribution in [2.75, 3.05) is 5.32 Å². The molecule has 3 N–H and O–H groups in total. The third kappa shape index (κ3) is 4.90. The summed E-state index contributed by atoms with van der Waals surface area (Å²) in [5, 5.41) is 7.72. The first-order valence-electron chi connectivity index (χ1n) is 10.00. The molecule has 0 saturated carbocycles. The highest BCUT2D eigenvalue weighted by atomic mass is 32.1. The maximum atomic E-state index is 12.7. The molecule has 0 fully saturated rings. The Morgan fingerprint density at radius 3 is 2.45 bits per heavy atom. The van der Waals surface area contributed by atoms with E-state index in [9.17, 15) is 9.59 Å². The molecule has 2 aromatic heterocycles. The number of thiophene rings is 1. The predicted octanol–water partition coefficient (Wildman–Crippen LogP) is 5.27. The van der Waals surface area contributed by atoms with Crippen LogP contribution in [0.2, 0.25) is 0 Å². The number of benzene rings is 2. The van der Waals surface area contributed by atoms with E-state index in [4.69, 9.17) is 0 Å². The molecular weight excluding hydrogens is 408 g/mol. The van der Waals surface area contributed by atoms with Gasteiger partial charge in [0.1, 0.15) is 5.82 Å². The first kappa shape index (κ1) is 20.6. The van der Waals surface area contributed by atoms with Gasteiger partial charge in [-0.25, -0.2) is 4.98 Å². The molecule has 0 aliphatic heterocycles. The van der Waals surface area contributed by atoms with Gasteiger partial charge in [0.15, 0.2) is 0 Å². The fourth-order valence-corrected chi connectivity index (χ4v) is 3.81. The number of imidazole rings is 1. The number of hydrogen-bond donors (Lipinski definition) is 3. The number of anilines is 1. The van der Waals surface area contributed by atoms with Gasteiger partial charge in [0.2, 0.25) is 0 Å². The zero-order valence-corrected chi connectivity index (χ0v) is 17.8. The largest absolute Gasteiger partial charge is 0.342 e. The van der Waals surface area contributed by atoms with E-state index in [1.54, 1.807) is 36.5 Å². The first-order chi connectivity index (χ1) is 15.1. The maximum Gasteiger partial charge on any atom is 0.265 e. The zero-order valence-electron chi connectivity index (χ0n) is 17.0. The summed E-state index contributed by atoms with van der Waals surface area (Å²) in [6.07, 6.45) is 2.48. The fourth-order valence-electron chi connectivity index (χ4n) is 3.19. The molecule has 0 aliphatic carbocycles. The Labute approximate surface area is 184 Å². The van der Waals surface area contributed by atoms with Gasteiger partial charge in [-0.1, -0.05) is 43.3 Å². The molecule has 1 unspecified atom stereocenters. The second-order valence-electron chi connectivity index (χ2n) is 6.99. The zero-order chi connectivity index (χ0) is 21.6. The number of amides is 2. The van der Waals surface area contributed by atoms with Crippen LogP contribution in [-0.4, -0.2) is 21.8 Å². The lowest BCUT2D eigenvalue weighted by atomic mass is 10.1. The molecule has 0 radical (unpaired) electrons. The Kier molecular flexibility index (Phi) is 6.24. The third-order valence-corrected chi connectivity index (χ3v) is 5.74. The number of hydrogen-bond acceptors (Lipinski definition) is 4.